The molecular weight excluding hydrogens is 248 g/mol. The molecule has 1 N–H and O–H groups in total. The fourth-order valence-corrected chi connectivity index (χ4v) is 4.51. The Morgan fingerprint density at radius 3 is 3.20 bits per heavy atom. The third-order valence-electron chi connectivity index (χ3n) is 5.49. The van der Waals surface area contributed by atoms with Gasteiger partial charge in [0.1, 0.15) is 5.75 Å². The molecule has 3 atom stereocenters. The summed E-state index contributed by atoms with van der Waals surface area (Å²) in [4.78, 5) is 2.71. The van der Waals surface area contributed by atoms with Gasteiger partial charge in [0.2, 0.25) is 0 Å². The maximum atomic E-state index is 5.65. The fraction of sp³-hybridized carbons (Fsp3) is 0.647. The molecule has 0 aromatic heterocycles. The normalized spacial score (nSPS) is 33.0. The molecule has 3 heterocycles. The average molecular weight is 272 g/mol. The van der Waals surface area contributed by atoms with Crippen molar-refractivity contribution in [3.63, 3.8) is 0 Å². The largest absolute Gasteiger partial charge is 0.496 e. The SMILES string of the molecule is COc1cccc2c1[C@H]1C[C@H]3NCCC[C@H]3CN1CC2. The summed E-state index contributed by atoms with van der Waals surface area (Å²) in [6.07, 6.45) is 5.17. The van der Waals surface area contributed by atoms with Crippen molar-refractivity contribution in [2.45, 2.75) is 37.8 Å². The van der Waals surface area contributed by atoms with Crippen LogP contribution in [-0.2, 0) is 6.42 Å². The lowest BCUT2D eigenvalue weighted by molar-refractivity contribution is 0.0538. The van der Waals surface area contributed by atoms with E-state index < -0.39 is 0 Å². The van der Waals surface area contributed by atoms with Crippen LogP contribution >= 0.6 is 0 Å². The highest BCUT2D eigenvalue weighted by Crippen LogP contribution is 2.43. The van der Waals surface area contributed by atoms with Gasteiger partial charge >= 0.3 is 0 Å². The first-order chi connectivity index (χ1) is 9.86. The monoisotopic (exact) mass is 272 g/mol. The van der Waals surface area contributed by atoms with Crippen molar-refractivity contribution in [2.24, 2.45) is 5.92 Å². The standard InChI is InChI=1S/C17H24N2O/c1-20-16-6-2-4-12-7-9-19-11-13-5-3-8-18-14(13)10-15(19)17(12)16/h2,4,6,13-15,18H,3,5,7-11H2,1H3/t13-,14+,15+/m0/s1. The Kier molecular flexibility index (Phi) is 3.20. The number of hydrogen-bond acceptors (Lipinski definition) is 3. The molecule has 0 radical (unpaired) electrons. The summed E-state index contributed by atoms with van der Waals surface area (Å²) in [5, 5.41) is 3.75. The average Bonchev–Trinajstić information content (AvgIpc) is 2.52. The number of nitrogens with zero attached hydrogens (tertiary/aromatic N) is 1. The molecule has 0 saturated carbocycles. The number of nitrogens with one attached hydrogen (secondary N) is 1. The number of methoxy groups -OCH3 is 1. The van der Waals surface area contributed by atoms with E-state index >= 15 is 0 Å². The summed E-state index contributed by atoms with van der Waals surface area (Å²) < 4.78 is 5.65. The minimum absolute atomic E-state index is 0.557. The summed E-state index contributed by atoms with van der Waals surface area (Å²) in [5.41, 5.74) is 2.96. The lowest BCUT2D eigenvalue weighted by atomic mass is 9.77. The lowest BCUT2D eigenvalue weighted by Crippen LogP contribution is -2.54. The van der Waals surface area contributed by atoms with E-state index in [9.17, 15) is 0 Å². The van der Waals surface area contributed by atoms with Gasteiger partial charge in [0.25, 0.3) is 0 Å². The second-order valence-corrected chi connectivity index (χ2v) is 6.49. The molecule has 3 aliphatic rings. The Balaban J connectivity index is 1.69. The molecule has 3 heteroatoms. The number of hydrogen-bond donors (Lipinski definition) is 1. The van der Waals surface area contributed by atoms with Crippen LogP contribution in [-0.4, -0.2) is 37.7 Å². The number of piperidine rings is 2. The number of ether oxygens (including phenoxy) is 1. The van der Waals surface area contributed by atoms with Crippen LogP contribution in [0, 0.1) is 5.92 Å². The van der Waals surface area contributed by atoms with Gasteiger partial charge in [-0.3, -0.25) is 4.90 Å². The first kappa shape index (κ1) is 12.7. The van der Waals surface area contributed by atoms with E-state index in [1.165, 1.54) is 56.4 Å². The quantitative estimate of drug-likeness (QED) is 0.849. The van der Waals surface area contributed by atoms with Gasteiger partial charge in [-0.1, -0.05) is 12.1 Å². The highest BCUT2D eigenvalue weighted by Gasteiger charge is 2.40. The maximum Gasteiger partial charge on any atom is 0.123 e. The number of rotatable bonds is 1. The van der Waals surface area contributed by atoms with E-state index in [-0.39, 0.29) is 0 Å². The van der Waals surface area contributed by atoms with Crippen molar-refractivity contribution in [1.29, 1.82) is 0 Å². The highest BCUT2D eigenvalue weighted by molar-refractivity contribution is 5.44. The summed E-state index contributed by atoms with van der Waals surface area (Å²) in [6.45, 7) is 3.68. The van der Waals surface area contributed by atoms with Crippen molar-refractivity contribution in [1.82, 2.24) is 10.2 Å². The van der Waals surface area contributed by atoms with Crippen molar-refractivity contribution in [2.75, 3.05) is 26.7 Å². The van der Waals surface area contributed by atoms with Crippen molar-refractivity contribution in [3.05, 3.63) is 29.3 Å². The molecule has 1 aromatic rings. The fourth-order valence-electron chi connectivity index (χ4n) is 4.51. The van der Waals surface area contributed by atoms with Gasteiger partial charge in [-0.2, -0.15) is 0 Å². The zero-order chi connectivity index (χ0) is 13.5. The molecule has 3 aliphatic heterocycles. The summed E-state index contributed by atoms with van der Waals surface area (Å²) in [5.74, 6) is 1.95. The zero-order valence-corrected chi connectivity index (χ0v) is 12.3. The summed E-state index contributed by atoms with van der Waals surface area (Å²) in [7, 11) is 1.80. The lowest BCUT2D eigenvalue weighted by Gasteiger charge is -2.49. The van der Waals surface area contributed by atoms with E-state index in [1.807, 2.05) is 0 Å². The molecule has 20 heavy (non-hydrogen) atoms. The number of fused-ring (bicyclic) bond motifs is 4. The smallest absolute Gasteiger partial charge is 0.123 e. The third-order valence-corrected chi connectivity index (χ3v) is 5.49. The Morgan fingerprint density at radius 1 is 1.35 bits per heavy atom. The van der Waals surface area contributed by atoms with Crippen LogP contribution < -0.4 is 10.1 Å². The number of benzene rings is 1. The molecule has 4 rings (SSSR count). The second kappa shape index (κ2) is 5.05. The Hall–Kier alpha value is -1.06. The predicted molar refractivity (Wildman–Crippen MR) is 80.1 cm³/mol. The van der Waals surface area contributed by atoms with Crippen LogP contribution in [0.5, 0.6) is 5.75 Å². The van der Waals surface area contributed by atoms with Crippen molar-refractivity contribution in [3.8, 4) is 5.75 Å². The molecule has 108 valence electrons. The van der Waals surface area contributed by atoms with Crippen LogP contribution in [0.25, 0.3) is 0 Å². The van der Waals surface area contributed by atoms with Gasteiger partial charge in [0.15, 0.2) is 0 Å². The first-order valence-corrected chi connectivity index (χ1v) is 8.00. The Morgan fingerprint density at radius 2 is 2.30 bits per heavy atom. The summed E-state index contributed by atoms with van der Waals surface area (Å²) >= 11 is 0. The Labute approximate surface area is 121 Å². The molecule has 3 nitrogen and oxygen atoms in total. The van der Waals surface area contributed by atoms with Gasteiger partial charge in [-0.05, 0) is 49.8 Å². The van der Waals surface area contributed by atoms with Crippen LogP contribution in [0.15, 0.2) is 18.2 Å². The van der Waals surface area contributed by atoms with Crippen LogP contribution in [0.3, 0.4) is 0 Å². The van der Waals surface area contributed by atoms with Gasteiger partial charge in [-0.25, -0.2) is 0 Å². The maximum absolute atomic E-state index is 5.65. The minimum atomic E-state index is 0.557. The van der Waals surface area contributed by atoms with Gasteiger partial charge in [0, 0.05) is 30.7 Å². The topological polar surface area (TPSA) is 24.5 Å². The van der Waals surface area contributed by atoms with E-state index in [0.717, 1.165) is 11.7 Å². The van der Waals surface area contributed by atoms with Crippen molar-refractivity contribution < 1.29 is 4.74 Å². The van der Waals surface area contributed by atoms with Gasteiger partial charge < -0.3 is 10.1 Å². The minimum Gasteiger partial charge on any atom is -0.496 e. The van der Waals surface area contributed by atoms with E-state index in [4.69, 9.17) is 4.74 Å². The molecule has 2 saturated heterocycles. The molecule has 0 amide bonds. The van der Waals surface area contributed by atoms with Crippen LogP contribution in [0.1, 0.15) is 36.4 Å². The highest BCUT2D eigenvalue weighted by atomic mass is 16.5. The predicted octanol–water partition coefficient (Wildman–Crippen LogP) is 2.37. The van der Waals surface area contributed by atoms with E-state index in [2.05, 4.69) is 28.4 Å². The summed E-state index contributed by atoms with van der Waals surface area (Å²) in [6, 6.07) is 7.82. The second-order valence-electron chi connectivity index (χ2n) is 6.49. The first-order valence-electron chi connectivity index (χ1n) is 8.00. The molecule has 2 fully saturated rings. The van der Waals surface area contributed by atoms with Crippen LogP contribution in [0.2, 0.25) is 0 Å². The molecule has 0 spiro atoms. The molecule has 0 unspecified atom stereocenters. The van der Waals surface area contributed by atoms with Gasteiger partial charge in [-0.15, -0.1) is 0 Å². The third kappa shape index (κ3) is 1.95. The molecular formula is C17H24N2O. The zero-order valence-electron chi connectivity index (χ0n) is 12.3. The molecule has 1 aromatic carbocycles. The molecule has 0 aliphatic carbocycles. The van der Waals surface area contributed by atoms with Crippen LogP contribution in [0.4, 0.5) is 0 Å². The molecule has 0 bridgehead atoms. The Bertz CT molecular complexity index is 488. The van der Waals surface area contributed by atoms with Gasteiger partial charge in [0.05, 0.1) is 7.11 Å². The van der Waals surface area contributed by atoms with E-state index in [0.29, 0.717) is 12.1 Å². The van der Waals surface area contributed by atoms with E-state index in [1.54, 1.807) is 7.11 Å². The van der Waals surface area contributed by atoms with Crippen molar-refractivity contribution >= 4 is 0 Å².